The molecule has 0 saturated carbocycles. The number of fused-ring (bicyclic) bond motifs is 1. The Morgan fingerprint density at radius 2 is 1.81 bits per heavy atom. The molecule has 26 heavy (non-hydrogen) atoms. The van der Waals surface area contributed by atoms with E-state index >= 15 is 0 Å². The highest BCUT2D eigenvalue weighted by atomic mass is 16.2. The zero-order valence-corrected chi connectivity index (χ0v) is 15.2. The summed E-state index contributed by atoms with van der Waals surface area (Å²) in [5.41, 5.74) is 1.92. The first-order valence-corrected chi connectivity index (χ1v) is 8.71. The molecule has 0 atom stereocenters. The summed E-state index contributed by atoms with van der Waals surface area (Å²) in [7, 11) is 4.02. The minimum Gasteiger partial charge on any atom is -0.319 e. The molecule has 0 spiro atoms. The number of carbonyl (C=O) groups is 1. The Balaban J connectivity index is 1.79. The van der Waals surface area contributed by atoms with Gasteiger partial charge >= 0.3 is 6.03 Å². The van der Waals surface area contributed by atoms with Crippen molar-refractivity contribution in [2.45, 2.75) is 6.54 Å². The maximum Gasteiger partial charge on any atom is 0.322 e. The highest BCUT2D eigenvalue weighted by molar-refractivity contribution is 6.01. The number of benzene rings is 2. The van der Waals surface area contributed by atoms with Gasteiger partial charge in [-0.15, -0.1) is 0 Å². The van der Waals surface area contributed by atoms with Crippen molar-refractivity contribution in [1.29, 1.82) is 0 Å². The number of likely N-dealkylation sites (N-methyl/N-ethyl adjacent to an activating group) is 1. The van der Waals surface area contributed by atoms with Crippen LogP contribution in [0.1, 0.15) is 5.56 Å². The molecule has 0 bridgehead atoms. The summed E-state index contributed by atoms with van der Waals surface area (Å²) in [6, 6.07) is 17.7. The third kappa shape index (κ3) is 4.58. The first kappa shape index (κ1) is 17.9. The van der Waals surface area contributed by atoms with Crippen LogP contribution in [0.3, 0.4) is 0 Å². The van der Waals surface area contributed by atoms with Crippen LogP contribution in [0, 0.1) is 0 Å². The quantitative estimate of drug-likeness (QED) is 0.736. The fourth-order valence-electron chi connectivity index (χ4n) is 2.80. The van der Waals surface area contributed by atoms with Gasteiger partial charge in [-0.3, -0.25) is 4.98 Å². The van der Waals surface area contributed by atoms with Crippen molar-refractivity contribution in [2.75, 3.05) is 32.5 Å². The summed E-state index contributed by atoms with van der Waals surface area (Å²) in [6.45, 7) is 2.03. The molecule has 1 heterocycles. The average molecular weight is 348 g/mol. The second-order valence-electron chi connectivity index (χ2n) is 6.54. The summed E-state index contributed by atoms with van der Waals surface area (Å²) in [4.78, 5) is 21.0. The van der Waals surface area contributed by atoms with E-state index in [0.29, 0.717) is 13.1 Å². The van der Waals surface area contributed by atoms with Gasteiger partial charge < -0.3 is 15.1 Å². The van der Waals surface area contributed by atoms with Crippen LogP contribution < -0.4 is 5.32 Å². The molecule has 0 unspecified atom stereocenters. The SMILES string of the molecule is CN(C)CCN(Cc1ccccc1)C(=O)Nc1cccc2cnccc12. The molecule has 0 aliphatic heterocycles. The van der Waals surface area contributed by atoms with E-state index in [9.17, 15) is 4.79 Å². The third-order valence-corrected chi connectivity index (χ3v) is 4.24. The van der Waals surface area contributed by atoms with E-state index in [1.165, 1.54) is 0 Å². The third-order valence-electron chi connectivity index (χ3n) is 4.24. The Hall–Kier alpha value is -2.92. The first-order valence-electron chi connectivity index (χ1n) is 8.71. The maximum atomic E-state index is 13.0. The number of nitrogens with zero attached hydrogens (tertiary/aromatic N) is 3. The van der Waals surface area contributed by atoms with Crippen LogP contribution in [-0.2, 0) is 6.54 Å². The maximum absolute atomic E-state index is 13.0. The van der Waals surface area contributed by atoms with Gasteiger partial charge in [0.1, 0.15) is 0 Å². The van der Waals surface area contributed by atoms with Crippen molar-refractivity contribution >= 4 is 22.5 Å². The van der Waals surface area contributed by atoms with Crippen molar-refractivity contribution in [3.8, 4) is 0 Å². The van der Waals surface area contributed by atoms with Crippen molar-refractivity contribution in [1.82, 2.24) is 14.8 Å². The van der Waals surface area contributed by atoms with E-state index in [4.69, 9.17) is 0 Å². The Morgan fingerprint density at radius 1 is 1.00 bits per heavy atom. The number of aromatic nitrogens is 1. The zero-order chi connectivity index (χ0) is 18.4. The van der Waals surface area contributed by atoms with Gasteiger partial charge in [0.2, 0.25) is 0 Å². The molecule has 1 N–H and O–H groups in total. The van der Waals surface area contributed by atoms with Gasteiger partial charge in [-0.25, -0.2) is 4.79 Å². The Kier molecular flexibility index (Phi) is 5.81. The minimum atomic E-state index is -0.0972. The van der Waals surface area contributed by atoms with Crippen LogP contribution >= 0.6 is 0 Å². The van der Waals surface area contributed by atoms with E-state index in [1.807, 2.05) is 73.6 Å². The molecule has 5 nitrogen and oxygen atoms in total. The molecule has 0 radical (unpaired) electrons. The van der Waals surface area contributed by atoms with Crippen LogP contribution in [0.15, 0.2) is 67.0 Å². The number of nitrogens with one attached hydrogen (secondary N) is 1. The lowest BCUT2D eigenvalue weighted by Gasteiger charge is -2.25. The average Bonchev–Trinajstić information content (AvgIpc) is 2.66. The Bertz CT molecular complexity index is 859. The lowest BCUT2D eigenvalue weighted by molar-refractivity contribution is 0.202. The van der Waals surface area contributed by atoms with E-state index < -0.39 is 0 Å². The van der Waals surface area contributed by atoms with E-state index in [-0.39, 0.29) is 6.03 Å². The monoisotopic (exact) mass is 348 g/mol. The number of rotatable bonds is 6. The van der Waals surface area contributed by atoms with Gasteiger partial charge in [0.15, 0.2) is 0 Å². The Morgan fingerprint density at radius 3 is 2.58 bits per heavy atom. The number of pyridine rings is 1. The second kappa shape index (κ2) is 8.45. The summed E-state index contributed by atoms with van der Waals surface area (Å²) in [5, 5.41) is 5.07. The number of amides is 2. The molecule has 3 rings (SSSR count). The van der Waals surface area contributed by atoms with Gasteiger partial charge in [0.05, 0.1) is 5.69 Å². The van der Waals surface area contributed by atoms with Crippen molar-refractivity contribution in [3.05, 3.63) is 72.6 Å². The number of anilines is 1. The van der Waals surface area contributed by atoms with Crippen molar-refractivity contribution in [2.24, 2.45) is 0 Å². The normalized spacial score (nSPS) is 10.9. The number of carbonyl (C=O) groups excluding carboxylic acids is 1. The lowest BCUT2D eigenvalue weighted by atomic mass is 10.1. The number of urea groups is 1. The van der Waals surface area contributed by atoms with Crippen LogP contribution in [0.4, 0.5) is 10.5 Å². The van der Waals surface area contributed by atoms with Gasteiger partial charge in [-0.05, 0) is 31.8 Å². The molecule has 0 aliphatic rings. The summed E-state index contributed by atoms with van der Waals surface area (Å²) >= 11 is 0. The van der Waals surface area contributed by atoms with Gasteiger partial charge in [-0.1, -0.05) is 42.5 Å². The highest BCUT2D eigenvalue weighted by Crippen LogP contribution is 2.22. The second-order valence-corrected chi connectivity index (χ2v) is 6.54. The molecule has 2 aromatic carbocycles. The first-order chi connectivity index (χ1) is 12.6. The van der Waals surface area contributed by atoms with E-state index in [0.717, 1.165) is 28.6 Å². The molecule has 1 aromatic heterocycles. The lowest BCUT2D eigenvalue weighted by Crippen LogP contribution is -2.39. The largest absolute Gasteiger partial charge is 0.322 e. The predicted molar refractivity (Wildman–Crippen MR) is 106 cm³/mol. The van der Waals surface area contributed by atoms with Crippen LogP contribution in [0.5, 0.6) is 0 Å². The van der Waals surface area contributed by atoms with Crippen LogP contribution in [-0.4, -0.2) is 48.0 Å². The fraction of sp³-hybridized carbons (Fsp3) is 0.238. The summed E-state index contributed by atoms with van der Waals surface area (Å²) < 4.78 is 0. The number of hydrogen-bond acceptors (Lipinski definition) is 3. The standard InChI is InChI=1S/C21H24N4O/c1-24(2)13-14-25(16-17-7-4-3-5-8-17)21(26)23-20-10-6-9-18-15-22-12-11-19(18)20/h3-12,15H,13-14,16H2,1-2H3,(H,23,26). The molecule has 0 saturated heterocycles. The smallest absolute Gasteiger partial charge is 0.319 e. The van der Waals surface area contributed by atoms with Crippen LogP contribution in [0.25, 0.3) is 10.8 Å². The molecule has 134 valence electrons. The molecule has 3 aromatic rings. The molecular formula is C21H24N4O. The minimum absolute atomic E-state index is 0.0972. The van der Waals surface area contributed by atoms with Gasteiger partial charge in [-0.2, -0.15) is 0 Å². The zero-order valence-electron chi connectivity index (χ0n) is 15.2. The summed E-state index contributed by atoms with van der Waals surface area (Å²) in [5.74, 6) is 0. The van der Waals surface area contributed by atoms with Gasteiger partial charge in [0, 0.05) is 42.8 Å². The Labute approximate surface area is 154 Å². The molecule has 2 amide bonds. The molecule has 5 heteroatoms. The molecule has 0 fully saturated rings. The molecule has 0 aliphatic carbocycles. The fourth-order valence-corrected chi connectivity index (χ4v) is 2.80. The van der Waals surface area contributed by atoms with Crippen LogP contribution in [0.2, 0.25) is 0 Å². The van der Waals surface area contributed by atoms with Gasteiger partial charge in [0.25, 0.3) is 0 Å². The van der Waals surface area contributed by atoms with E-state index in [1.54, 1.807) is 12.4 Å². The predicted octanol–water partition coefficient (Wildman–Crippen LogP) is 3.83. The molecular weight excluding hydrogens is 324 g/mol. The number of hydrogen-bond donors (Lipinski definition) is 1. The summed E-state index contributed by atoms with van der Waals surface area (Å²) in [6.07, 6.45) is 3.55. The van der Waals surface area contributed by atoms with Crippen molar-refractivity contribution < 1.29 is 4.79 Å². The topological polar surface area (TPSA) is 48.5 Å². The van der Waals surface area contributed by atoms with E-state index in [2.05, 4.69) is 15.2 Å². The van der Waals surface area contributed by atoms with Crippen molar-refractivity contribution in [3.63, 3.8) is 0 Å². The highest BCUT2D eigenvalue weighted by Gasteiger charge is 2.15.